The van der Waals surface area contributed by atoms with Gasteiger partial charge in [0.2, 0.25) is 5.78 Å². The quantitative estimate of drug-likeness (QED) is 0.110. The number of aromatic hydroxyl groups is 3. The number of aliphatic hydroxyl groups excluding tert-OH is 2. The number of ketones is 1. The number of carbonyl (C=O) groups excluding carboxylic acids is 3. The molecule has 6 N–H and O–H groups in total. The van der Waals surface area contributed by atoms with Crippen molar-refractivity contribution < 1.29 is 58.9 Å². The van der Waals surface area contributed by atoms with Crippen LogP contribution in [-0.4, -0.2) is 136 Å². The number of phenolic OH excluding ortho intramolecular Hbond substituents is 3. The van der Waals surface area contributed by atoms with E-state index in [2.05, 4.69) is 15.3 Å². The molecule has 4 aliphatic heterocycles. The normalized spacial score (nSPS) is 30.5. The number of nitrogens with one attached hydrogen (secondary N) is 1. The van der Waals surface area contributed by atoms with Crippen molar-refractivity contribution in [3.8, 4) is 23.0 Å². The van der Waals surface area contributed by atoms with E-state index >= 15 is 0 Å². The lowest BCUT2D eigenvalue weighted by Gasteiger charge is -2.38. The fourth-order valence-electron chi connectivity index (χ4n) is 8.22. The summed E-state index contributed by atoms with van der Waals surface area (Å²) in [6.07, 6.45) is 2.65. The van der Waals surface area contributed by atoms with Gasteiger partial charge in [-0.25, -0.2) is 0 Å². The molecule has 4 aliphatic rings. The van der Waals surface area contributed by atoms with Crippen molar-refractivity contribution in [1.82, 2.24) is 9.91 Å². The monoisotopic (exact) mass is 824 g/mol. The first kappa shape index (κ1) is 45.3. The summed E-state index contributed by atoms with van der Waals surface area (Å²) >= 11 is 0. The zero-order chi connectivity index (χ0) is 43.7. The maximum Gasteiger partial charge on any atom is 0.302 e. The Hall–Kier alpha value is -4.74. The first-order valence-corrected chi connectivity index (χ1v) is 20.1. The second-order valence-corrected chi connectivity index (χ2v) is 16.4. The molecule has 16 heteroatoms. The van der Waals surface area contributed by atoms with Gasteiger partial charge in [-0.2, -0.15) is 5.10 Å². The molecule has 4 heterocycles. The molecule has 2 aromatic rings. The molecule has 324 valence electrons. The molecule has 9 unspecified atom stereocenters. The summed E-state index contributed by atoms with van der Waals surface area (Å²) in [6.45, 7) is 15.2. The summed E-state index contributed by atoms with van der Waals surface area (Å²) in [5, 5.41) is 67.0. The highest BCUT2D eigenvalue weighted by molar-refractivity contribution is 6.23. The van der Waals surface area contributed by atoms with Gasteiger partial charge in [-0.3, -0.25) is 19.4 Å². The second kappa shape index (κ2) is 18.3. The molecular weight excluding hydrogens is 764 g/mol. The Bertz CT molecular complexity index is 2020. The number of anilines is 1. The molecular formula is C43H60N4O12. The Morgan fingerprint density at radius 1 is 0.966 bits per heavy atom. The summed E-state index contributed by atoms with van der Waals surface area (Å²) < 4.78 is 23.9. The van der Waals surface area contributed by atoms with Crippen molar-refractivity contribution in [2.24, 2.45) is 28.8 Å². The minimum absolute atomic E-state index is 0.0630. The predicted molar refractivity (Wildman–Crippen MR) is 221 cm³/mol. The number of likely N-dealkylation sites (N-methyl/N-ethyl adjacent to an activating group) is 1. The number of Topliss-reactive ketones (excluding diaryl/α,β-unsaturated/α-hetero) is 1. The summed E-state index contributed by atoms with van der Waals surface area (Å²) in [7, 11) is 3.48. The van der Waals surface area contributed by atoms with Crippen LogP contribution in [0, 0.1) is 30.6 Å². The largest absolute Gasteiger partial charge is 0.507 e. The Balaban J connectivity index is 1.67. The number of hydrogen-bond donors (Lipinski definition) is 6. The second-order valence-electron chi connectivity index (χ2n) is 16.4. The molecule has 0 saturated carbocycles. The highest BCUT2D eigenvalue weighted by Crippen LogP contribution is 2.55. The number of piperazine rings is 1. The van der Waals surface area contributed by atoms with E-state index in [4.69, 9.17) is 18.9 Å². The number of hydrazone groups is 1. The zero-order valence-electron chi connectivity index (χ0n) is 35.6. The van der Waals surface area contributed by atoms with Crippen LogP contribution in [0.3, 0.4) is 0 Å². The van der Waals surface area contributed by atoms with Gasteiger partial charge in [-0.05, 0) is 27.3 Å². The van der Waals surface area contributed by atoms with Crippen molar-refractivity contribution in [3.05, 3.63) is 40.5 Å². The van der Waals surface area contributed by atoms with E-state index in [0.29, 0.717) is 13.1 Å². The van der Waals surface area contributed by atoms with Crippen LogP contribution in [0.1, 0.15) is 76.4 Å². The molecule has 5 bridgehead atoms. The number of nitrogens with zero attached hydrogens (tertiary/aromatic N) is 3. The van der Waals surface area contributed by atoms with Gasteiger partial charge < -0.3 is 54.7 Å². The average molecular weight is 825 g/mol. The molecule has 0 spiro atoms. The molecule has 1 saturated heterocycles. The lowest BCUT2D eigenvalue weighted by atomic mass is 9.78. The van der Waals surface area contributed by atoms with Crippen molar-refractivity contribution >= 4 is 40.3 Å². The molecule has 9 atom stereocenters. The van der Waals surface area contributed by atoms with Gasteiger partial charge in [0.15, 0.2) is 5.75 Å². The number of carbonyl (C=O) groups is 3. The number of hydrogen-bond acceptors (Lipinski definition) is 15. The molecule has 0 aromatic heterocycles. The number of aliphatic hydroxyl groups is 2. The van der Waals surface area contributed by atoms with Gasteiger partial charge >= 0.3 is 5.97 Å². The van der Waals surface area contributed by atoms with Gasteiger partial charge in [0.1, 0.15) is 23.4 Å². The van der Waals surface area contributed by atoms with Crippen LogP contribution in [0.5, 0.6) is 23.0 Å². The molecule has 16 nitrogen and oxygen atoms in total. The number of esters is 1. The lowest BCUT2D eigenvalue weighted by Crippen LogP contribution is -2.47. The molecule has 1 fully saturated rings. The standard InChI is InChI=1S/C43H60N4O12/c1-21-12-11-13-22(2)42(55)45-33-28(20-44-47-17-15-46(9)16-18-47)37(52)30-31(38(33)53)36(51)26(6)40-32(30)41(54)43(8,59-40)57-19-14-29(56-10)23(3)39(58-27(7)48)25(5)35(50)24(4)34(21)49/h11-13,20-21,23-25,29,34-35,39,49-53H,14-19H2,1-10H3,(H,45,55)/b12-11?,22-13?,44-20+. The maximum atomic E-state index is 14.5. The third-order valence-electron chi connectivity index (χ3n) is 12.2. The molecule has 0 radical (unpaired) electrons. The fourth-order valence-corrected chi connectivity index (χ4v) is 8.22. The lowest BCUT2D eigenvalue weighted by molar-refractivity contribution is -0.164. The maximum absolute atomic E-state index is 14.5. The van der Waals surface area contributed by atoms with Crippen molar-refractivity contribution in [1.29, 1.82) is 0 Å². The number of phenols is 3. The fraction of sp³-hybridized carbons (Fsp3) is 0.581. The SMILES string of the molecule is COC1CCOC2(C)Oc3c(C)c(O)c4c(O)c(c(/C=N/N5CCN(C)CC5)c(O)c4c3C2=O)NC(=O)C(C)=CC=CC(C)C(O)C(C)C(O)C(C)C(OC(C)=O)C1C. The number of benzene rings is 2. The summed E-state index contributed by atoms with van der Waals surface area (Å²) in [4.78, 5) is 42.7. The Morgan fingerprint density at radius 2 is 1.63 bits per heavy atom. The molecule has 6 rings (SSSR count). The highest BCUT2D eigenvalue weighted by Gasteiger charge is 2.49. The van der Waals surface area contributed by atoms with E-state index in [1.807, 2.05) is 14.0 Å². The third kappa shape index (κ3) is 9.06. The van der Waals surface area contributed by atoms with Crippen molar-refractivity contribution in [2.45, 2.75) is 92.0 Å². The minimum atomic E-state index is -1.96. The molecule has 1 amide bonds. The van der Waals surface area contributed by atoms with Crippen LogP contribution < -0.4 is 10.1 Å². The smallest absolute Gasteiger partial charge is 0.302 e. The topological polar surface area (TPSA) is 220 Å². The number of amides is 1. The van der Waals surface area contributed by atoms with E-state index in [1.54, 1.807) is 37.9 Å². The van der Waals surface area contributed by atoms with Gasteiger partial charge in [0.05, 0.1) is 53.3 Å². The van der Waals surface area contributed by atoms with E-state index in [0.717, 1.165) is 13.1 Å². The number of ether oxygens (including phenoxy) is 4. The van der Waals surface area contributed by atoms with E-state index in [9.17, 15) is 39.9 Å². The zero-order valence-corrected chi connectivity index (χ0v) is 35.6. The number of allylic oxidation sites excluding steroid dienone is 2. The Kier molecular flexibility index (Phi) is 14.0. The van der Waals surface area contributed by atoms with E-state index in [1.165, 1.54) is 47.1 Å². The first-order chi connectivity index (χ1) is 27.7. The van der Waals surface area contributed by atoms with Crippen LogP contribution in [-0.2, 0) is 23.8 Å². The summed E-state index contributed by atoms with van der Waals surface area (Å²) in [5.74, 6) is -7.94. The van der Waals surface area contributed by atoms with Crippen LogP contribution in [0.2, 0.25) is 0 Å². The third-order valence-corrected chi connectivity index (χ3v) is 12.2. The highest BCUT2D eigenvalue weighted by atomic mass is 16.7. The van der Waals surface area contributed by atoms with Gasteiger partial charge in [0, 0.05) is 87.3 Å². The molecule has 59 heavy (non-hydrogen) atoms. The summed E-state index contributed by atoms with van der Waals surface area (Å²) in [5.41, 5.74) is -0.260. The van der Waals surface area contributed by atoms with Crippen molar-refractivity contribution in [2.75, 3.05) is 52.3 Å². The minimum Gasteiger partial charge on any atom is -0.507 e. The van der Waals surface area contributed by atoms with E-state index < -0.39 is 88.8 Å². The summed E-state index contributed by atoms with van der Waals surface area (Å²) in [6, 6.07) is 0. The number of rotatable bonds is 4. The van der Waals surface area contributed by atoms with Crippen LogP contribution >= 0.6 is 0 Å². The van der Waals surface area contributed by atoms with Crippen LogP contribution in [0.15, 0.2) is 28.9 Å². The Labute approximate surface area is 345 Å². The number of methoxy groups -OCH3 is 1. The van der Waals surface area contributed by atoms with E-state index in [-0.39, 0.29) is 57.5 Å². The molecule has 2 aromatic carbocycles. The van der Waals surface area contributed by atoms with Crippen LogP contribution in [0.4, 0.5) is 5.69 Å². The predicted octanol–water partition coefficient (Wildman–Crippen LogP) is 4.21. The average Bonchev–Trinajstić information content (AvgIpc) is 3.46. The van der Waals surface area contributed by atoms with Crippen molar-refractivity contribution in [3.63, 3.8) is 0 Å². The Morgan fingerprint density at radius 3 is 2.25 bits per heavy atom. The van der Waals surface area contributed by atoms with Gasteiger partial charge in [0.25, 0.3) is 11.7 Å². The number of fused-ring (bicyclic) bond motifs is 15. The van der Waals surface area contributed by atoms with Crippen LogP contribution in [0.25, 0.3) is 10.8 Å². The van der Waals surface area contributed by atoms with Gasteiger partial charge in [-0.1, -0.05) is 45.9 Å². The molecule has 0 aliphatic carbocycles. The first-order valence-electron chi connectivity index (χ1n) is 20.1. The van der Waals surface area contributed by atoms with Gasteiger partial charge in [-0.15, -0.1) is 0 Å².